The lowest BCUT2D eigenvalue weighted by Crippen LogP contribution is -2.44. The Kier molecular flexibility index (Phi) is 4.39. The van der Waals surface area contributed by atoms with Crippen LogP contribution < -0.4 is 16.2 Å². The average molecular weight is 263 g/mol. The van der Waals surface area contributed by atoms with Gasteiger partial charge in [-0.1, -0.05) is 12.1 Å². The predicted molar refractivity (Wildman–Crippen MR) is 73.7 cm³/mol. The number of likely N-dealkylation sites (tertiary alicyclic amines) is 1. The Morgan fingerprint density at radius 2 is 2.37 bits per heavy atom. The smallest absolute Gasteiger partial charge is 0.234 e. The first-order valence-electron chi connectivity index (χ1n) is 6.56. The molecular formula is C14H21N3O2. The van der Waals surface area contributed by atoms with Gasteiger partial charge in [-0.15, -0.1) is 0 Å². The van der Waals surface area contributed by atoms with Gasteiger partial charge in [0.05, 0.1) is 13.2 Å². The first-order chi connectivity index (χ1) is 9.17. The molecule has 0 bridgehead atoms. The lowest BCUT2D eigenvalue weighted by atomic mass is 10.0. The van der Waals surface area contributed by atoms with E-state index >= 15 is 0 Å². The quantitative estimate of drug-likeness (QED) is 0.817. The fourth-order valence-electron chi connectivity index (χ4n) is 2.78. The number of carbonyl (C=O) groups excluding carboxylic acids is 1. The number of methoxy groups -OCH3 is 1. The van der Waals surface area contributed by atoms with Crippen molar-refractivity contribution < 1.29 is 9.53 Å². The van der Waals surface area contributed by atoms with Crippen LogP contribution in [0.2, 0.25) is 0 Å². The average Bonchev–Trinajstić information content (AvgIpc) is 2.89. The van der Waals surface area contributed by atoms with E-state index in [-0.39, 0.29) is 18.0 Å². The number of nitrogens with zero attached hydrogens (tertiary/aromatic N) is 1. The monoisotopic (exact) mass is 263 g/mol. The standard InChI is InChI=1S/C14H21N3O2/c1-19-11-5-2-4-10(8-11)13(9-15)17-7-3-6-12(17)14(16)18/h2,4-5,8,12-13H,3,6-7,9,15H2,1H3,(H2,16,18). The summed E-state index contributed by atoms with van der Waals surface area (Å²) in [4.78, 5) is 13.6. The molecule has 1 amide bonds. The van der Waals surface area contributed by atoms with Crippen LogP contribution in [0.1, 0.15) is 24.4 Å². The van der Waals surface area contributed by atoms with Crippen LogP contribution in [-0.2, 0) is 4.79 Å². The number of hydrogen-bond acceptors (Lipinski definition) is 4. The molecule has 1 fully saturated rings. The molecule has 2 rings (SSSR count). The molecule has 0 aromatic heterocycles. The summed E-state index contributed by atoms with van der Waals surface area (Å²) in [6, 6.07) is 7.61. The molecule has 1 saturated heterocycles. The van der Waals surface area contributed by atoms with E-state index in [4.69, 9.17) is 16.2 Å². The highest BCUT2D eigenvalue weighted by molar-refractivity contribution is 5.80. The molecule has 1 aromatic carbocycles. The molecular weight excluding hydrogens is 242 g/mol. The summed E-state index contributed by atoms with van der Waals surface area (Å²) in [5.74, 6) is 0.532. The minimum atomic E-state index is -0.265. The van der Waals surface area contributed by atoms with Gasteiger partial charge in [0, 0.05) is 12.6 Å². The summed E-state index contributed by atoms with van der Waals surface area (Å²) in [6.07, 6.45) is 1.80. The Balaban J connectivity index is 2.25. The van der Waals surface area contributed by atoms with E-state index in [9.17, 15) is 4.79 Å². The van der Waals surface area contributed by atoms with Gasteiger partial charge in [0.25, 0.3) is 0 Å². The molecule has 0 spiro atoms. The summed E-state index contributed by atoms with van der Waals surface area (Å²) in [5, 5.41) is 0. The number of nitrogens with two attached hydrogens (primary N) is 2. The van der Waals surface area contributed by atoms with E-state index in [1.807, 2.05) is 24.3 Å². The molecule has 1 aromatic rings. The topological polar surface area (TPSA) is 81.6 Å². The fraction of sp³-hybridized carbons (Fsp3) is 0.500. The van der Waals surface area contributed by atoms with E-state index < -0.39 is 0 Å². The molecule has 1 aliphatic rings. The molecule has 104 valence electrons. The SMILES string of the molecule is COc1cccc(C(CN)N2CCCC2C(N)=O)c1. The number of amides is 1. The van der Waals surface area contributed by atoms with Crippen molar-refractivity contribution in [1.82, 2.24) is 4.90 Å². The molecule has 2 atom stereocenters. The Hall–Kier alpha value is -1.59. The lowest BCUT2D eigenvalue weighted by Gasteiger charge is -2.31. The third-order valence-electron chi connectivity index (χ3n) is 3.72. The number of carbonyl (C=O) groups is 1. The van der Waals surface area contributed by atoms with Crippen molar-refractivity contribution in [2.75, 3.05) is 20.2 Å². The summed E-state index contributed by atoms with van der Waals surface area (Å²) < 4.78 is 5.24. The van der Waals surface area contributed by atoms with Crippen LogP contribution in [0.15, 0.2) is 24.3 Å². The first-order valence-corrected chi connectivity index (χ1v) is 6.56. The van der Waals surface area contributed by atoms with Gasteiger partial charge in [0.1, 0.15) is 5.75 Å². The second-order valence-corrected chi connectivity index (χ2v) is 4.83. The molecule has 5 nitrogen and oxygen atoms in total. The van der Waals surface area contributed by atoms with Gasteiger partial charge in [-0.25, -0.2) is 0 Å². The van der Waals surface area contributed by atoms with Gasteiger partial charge >= 0.3 is 0 Å². The van der Waals surface area contributed by atoms with Crippen LogP contribution in [0.4, 0.5) is 0 Å². The van der Waals surface area contributed by atoms with Gasteiger partial charge in [-0.3, -0.25) is 9.69 Å². The molecule has 0 aliphatic carbocycles. The highest BCUT2D eigenvalue weighted by Crippen LogP contribution is 2.30. The number of benzene rings is 1. The van der Waals surface area contributed by atoms with Gasteiger partial charge in [0.15, 0.2) is 0 Å². The maximum Gasteiger partial charge on any atom is 0.234 e. The number of primary amides is 1. The third kappa shape index (κ3) is 2.88. The van der Waals surface area contributed by atoms with Gasteiger partial charge in [-0.2, -0.15) is 0 Å². The van der Waals surface area contributed by atoms with E-state index in [0.717, 1.165) is 30.7 Å². The van der Waals surface area contributed by atoms with E-state index in [0.29, 0.717) is 6.54 Å². The van der Waals surface area contributed by atoms with Crippen molar-refractivity contribution in [3.63, 3.8) is 0 Å². The normalized spacial score (nSPS) is 21.3. The van der Waals surface area contributed by atoms with Crippen molar-refractivity contribution in [2.45, 2.75) is 24.9 Å². The Labute approximate surface area is 113 Å². The highest BCUT2D eigenvalue weighted by atomic mass is 16.5. The van der Waals surface area contributed by atoms with Crippen molar-refractivity contribution in [2.24, 2.45) is 11.5 Å². The number of hydrogen-bond donors (Lipinski definition) is 2. The zero-order valence-electron chi connectivity index (χ0n) is 11.2. The molecule has 1 aliphatic heterocycles. The second-order valence-electron chi connectivity index (χ2n) is 4.83. The molecule has 4 N–H and O–H groups in total. The second kappa shape index (κ2) is 6.04. The van der Waals surface area contributed by atoms with Crippen molar-refractivity contribution >= 4 is 5.91 Å². The molecule has 0 saturated carbocycles. The zero-order chi connectivity index (χ0) is 13.8. The van der Waals surface area contributed by atoms with E-state index in [1.165, 1.54) is 0 Å². The summed E-state index contributed by atoms with van der Waals surface area (Å²) >= 11 is 0. The van der Waals surface area contributed by atoms with Crippen LogP contribution in [0, 0.1) is 0 Å². The summed E-state index contributed by atoms with van der Waals surface area (Å²) in [7, 11) is 1.64. The molecule has 0 radical (unpaired) electrons. The van der Waals surface area contributed by atoms with Crippen LogP contribution in [-0.4, -0.2) is 37.0 Å². The van der Waals surface area contributed by atoms with Crippen LogP contribution in [0.5, 0.6) is 5.75 Å². The van der Waals surface area contributed by atoms with Gasteiger partial charge < -0.3 is 16.2 Å². The number of ether oxygens (including phenoxy) is 1. The predicted octanol–water partition coefficient (Wildman–Crippen LogP) is 0.645. The van der Waals surface area contributed by atoms with Crippen molar-refractivity contribution in [1.29, 1.82) is 0 Å². The lowest BCUT2D eigenvalue weighted by molar-refractivity contribution is -0.122. The van der Waals surface area contributed by atoms with Gasteiger partial charge in [0.2, 0.25) is 5.91 Å². The summed E-state index contributed by atoms with van der Waals surface area (Å²) in [6.45, 7) is 1.31. The third-order valence-corrected chi connectivity index (χ3v) is 3.72. The maximum absolute atomic E-state index is 11.5. The van der Waals surface area contributed by atoms with Crippen LogP contribution >= 0.6 is 0 Å². The first kappa shape index (κ1) is 13.8. The Bertz CT molecular complexity index is 450. The molecule has 2 unspecified atom stereocenters. The van der Waals surface area contributed by atoms with Crippen molar-refractivity contribution in [3.8, 4) is 5.75 Å². The molecule has 5 heteroatoms. The minimum Gasteiger partial charge on any atom is -0.497 e. The highest BCUT2D eigenvalue weighted by Gasteiger charge is 2.34. The Morgan fingerprint density at radius 3 is 3.00 bits per heavy atom. The largest absolute Gasteiger partial charge is 0.497 e. The Morgan fingerprint density at radius 1 is 1.58 bits per heavy atom. The van der Waals surface area contributed by atoms with E-state index in [1.54, 1.807) is 7.11 Å². The van der Waals surface area contributed by atoms with Crippen LogP contribution in [0.3, 0.4) is 0 Å². The van der Waals surface area contributed by atoms with Gasteiger partial charge in [-0.05, 0) is 37.1 Å². The molecule has 19 heavy (non-hydrogen) atoms. The fourth-order valence-corrected chi connectivity index (χ4v) is 2.78. The zero-order valence-corrected chi connectivity index (χ0v) is 11.2. The molecule has 1 heterocycles. The van der Waals surface area contributed by atoms with E-state index in [2.05, 4.69) is 4.90 Å². The number of rotatable bonds is 5. The maximum atomic E-state index is 11.5. The van der Waals surface area contributed by atoms with Crippen molar-refractivity contribution in [3.05, 3.63) is 29.8 Å². The summed E-state index contributed by atoms with van der Waals surface area (Å²) in [5.41, 5.74) is 12.4. The minimum absolute atomic E-state index is 0.00935. The van der Waals surface area contributed by atoms with Crippen LogP contribution in [0.25, 0.3) is 0 Å².